The van der Waals surface area contributed by atoms with Gasteiger partial charge < -0.3 is 14.2 Å². The van der Waals surface area contributed by atoms with Crippen LogP contribution >= 0.6 is 0 Å². The number of allylic oxidation sites excluding steroid dienone is 20. The van der Waals surface area contributed by atoms with E-state index in [1.807, 2.05) is 6.08 Å². The van der Waals surface area contributed by atoms with Crippen molar-refractivity contribution in [3.05, 3.63) is 122 Å². The first-order valence-corrected chi connectivity index (χ1v) is 29.6. The average molecular weight is 998 g/mol. The van der Waals surface area contributed by atoms with Crippen LogP contribution in [-0.2, 0) is 28.6 Å². The van der Waals surface area contributed by atoms with Gasteiger partial charge in [-0.3, -0.25) is 14.4 Å². The second kappa shape index (κ2) is 59.4. The molecule has 0 aromatic heterocycles. The highest BCUT2D eigenvalue weighted by Crippen LogP contribution is 2.15. The van der Waals surface area contributed by atoms with Crippen molar-refractivity contribution >= 4 is 17.9 Å². The topological polar surface area (TPSA) is 78.9 Å². The maximum absolute atomic E-state index is 12.9. The summed E-state index contributed by atoms with van der Waals surface area (Å²) in [6, 6.07) is 0. The third-order valence-electron chi connectivity index (χ3n) is 12.2. The summed E-state index contributed by atoms with van der Waals surface area (Å²) in [4.78, 5) is 38.2. The van der Waals surface area contributed by atoms with E-state index in [2.05, 4.69) is 136 Å². The first-order chi connectivity index (χ1) is 35.5. The van der Waals surface area contributed by atoms with Crippen LogP contribution in [0.4, 0.5) is 0 Å². The number of unbranched alkanes of at least 4 members (excludes halogenated alkanes) is 22. The van der Waals surface area contributed by atoms with Crippen molar-refractivity contribution in [2.24, 2.45) is 0 Å². The monoisotopic (exact) mass is 997 g/mol. The van der Waals surface area contributed by atoms with E-state index in [1.165, 1.54) is 116 Å². The van der Waals surface area contributed by atoms with Crippen LogP contribution in [0.15, 0.2) is 122 Å². The average Bonchev–Trinajstić information content (AvgIpc) is 3.38. The van der Waals surface area contributed by atoms with Gasteiger partial charge >= 0.3 is 17.9 Å². The van der Waals surface area contributed by atoms with Gasteiger partial charge in [0.2, 0.25) is 0 Å². The normalized spacial score (nSPS) is 13.0. The minimum atomic E-state index is -0.816. The van der Waals surface area contributed by atoms with Gasteiger partial charge in [-0.05, 0) is 109 Å². The number of esters is 3. The van der Waals surface area contributed by atoms with E-state index in [9.17, 15) is 14.4 Å². The molecule has 0 fully saturated rings. The van der Waals surface area contributed by atoms with Crippen LogP contribution in [0.1, 0.15) is 258 Å². The van der Waals surface area contributed by atoms with Crippen molar-refractivity contribution < 1.29 is 28.6 Å². The molecule has 0 rings (SSSR count). The molecule has 1 unspecified atom stereocenters. The van der Waals surface area contributed by atoms with E-state index in [-0.39, 0.29) is 37.5 Å². The Bertz CT molecular complexity index is 1520. The zero-order valence-electron chi connectivity index (χ0n) is 46.7. The molecule has 0 aliphatic carbocycles. The van der Waals surface area contributed by atoms with Gasteiger partial charge in [0.05, 0.1) is 0 Å². The van der Waals surface area contributed by atoms with Crippen LogP contribution in [0.2, 0.25) is 0 Å². The zero-order valence-corrected chi connectivity index (χ0v) is 46.7. The van der Waals surface area contributed by atoms with E-state index in [4.69, 9.17) is 14.2 Å². The third kappa shape index (κ3) is 56.7. The number of carbonyl (C=O) groups is 3. The first-order valence-electron chi connectivity index (χ1n) is 29.6. The molecule has 72 heavy (non-hydrogen) atoms. The fraction of sp³-hybridized carbons (Fsp3) is 0.652. The van der Waals surface area contributed by atoms with Crippen LogP contribution in [0, 0.1) is 0 Å². The van der Waals surface area contributed by atoms with E-state index in [0.29, 0.717) is 19.3 Å². The molecule has 0 heterocycles. The fourth-order valence-corrected chi connectivity index (χ4v) is 7.85. The molecule has 0 N–H and O–H groups in total. The Kier molecular flexibility index (Phi) is 55.9. The Morgan fingerprint density at radius 2 is 0.611 bits per heavy atom. The van der Waals surface area contributed by atoms with Crippen LogP contribution in [-0.4, -0.2) is 37.2 Å². The maximum Gasteiger partial charge on any atom is 0.306 e. The molecule has 0 radical (unpaired) electrons. The summed E-state index contributed by atoms with van der Waals surface area (Å²) in [6.45, 7) is 6.32. The molecule has 408 valence electrons. The zero-order chi connectivity index (χ0) is 52.2. The Balaban J connectivity index is 4.49. The summed E-state index contributed by atoms with van der Waals surface area (Å²) in [5.41, 5.74) is 0. The van der Waals surface area contributed by atoms with E-state index in [1.54, 1.807) is 0 Å². The molecule has 0 bridgehead atoms. The van der Waals surface area contributed by atoms with Crippen LogP contribution in [0.3, 0.4) is 0 Å². The van der Waals surface area contributed by atoms with Crippen LogP contribution in [0.25, 0.3) is 0 Å². The summed E-state index contributed by atoms with van der Waals surface area (Å²) in [6.07, 6.45) is 82.0. The predicted octanol–water partition coefficient (Wildman–Crippen LogP) is 20.0. The lowest BCUT2D eigenvalue weighted by Crippen LogP contribution is -2.30. The molecule has 6 nitrogen and oxygen atoms in total. The molecular weight excluding hydrogens is 889 g/mol. The SMILES string of the molecule is CC/C=C\C/C=C\C/C=C\C/C=C\C/C=C\CCC(=O)OCC(COC(=O)CCCCCCCCCCC/C=C\C/C=C\C/C=C\CC)OC(=O)CCCCCCCCCCCC/C=C\C=C/CCCCC. The lowest BCUT2D eigenvalue weighted by molar-refractivity contribution is -0.166. The summed E-state index contributed by atoms with van der Waals surface area (Å²) < 4.78 is 16.8. The number of hydrogen-bond donors (Lipinski definition) is 0. The Morgan fingerprint density at radius 1 is 0.306 bits per heavy atom. The van der Waals surface area contributed by atoms with Gasteiger partial charge in [0.15, 0.2) is 6.10 Å². The van der Waals surface area contributed by atoms with Gasteiger partial charge in [-0.25, -0.2) is 0 Å². The van der Waals surface area contributed by atoms with Gasteiger partial charge in [-0.15, -0.1) is 0 Å². The quantitative estimate of drug-likeness (QED) is 0.0199. The summed E-state index contributed by atoms with van der Waals surface area (Å²) >= 11 is 0. The van der Waals surface area contributed by atoms with Gasteiger partial charge in [0.25, 0.3) is 0 Å². The van der Waals surface area contributed by atoms with Crippen LogP contribution < -0.4 is 0 Å². The van der Waals surface area contributed by atoms with Gasteiger partial charge in [-0.1, -0.05) is 251 Å². The van der Waals surface area contributed by atoms with Crippen molar-refractivity contribution in [2.75, 3.05) is 13.2 Å². The lowest BCUT2D eigenvalue weighted by atomic mass is 10.1. The number of ether oxygens (including phenoxy) is 3. The molecule has 1 atom stereocenters. The Morgan fingerprint density at radius 3 is 1.01 bits per heavy atom. The van der Waals surface area contributed by atoms with Crippen LogP contribution in [0.5, 0.6) is 0 Å². The first kappa shape index (κ1) is 67.8. The second-order valence-electron chi connectivity index (χ2n) is 19.2. The Hall–Kier alpha value is -4.19. The van der Waals surface area contributed by atoms with E-state index in [0.717, 1.165) is 96.3 Å². The number of rotatable bonds is 52. The third-order valence-corrected chi connectivity index (χ3v) is 12.2. The maximum atomic E-state index is 12.9. The summed E-state index contributed by atoms with van der Waals surface area (Å²) in [5.74, 6) is -1.00. The van der Waals surface area contributed by atoms with Crippen molar-refractivity contribution in [3.63, 3.8) is 0 Å². The largest absolute Gasteiger partial charge is 0.462 e. The molecule has 0 saturated carbocycles. The molecule has 6 heteroatoms. The highest BCUT2D eigenvalue weighted by Gasteiger charge is 2.19. The molecule has 0 aromatic rings. The Labute approximate surface area is 443 Å². The van der Waals surface area contributed by atoms with Gasteiger partial charge in [0, 0.05) is 19.3 Å². The number of carbonyl (C=O) groups excluding carboxylic acids is 3. The van der Waals surface area contributed by atoms with Crippen molar-refractivity contribution in [3.8, 4) is 0 Å². The molecule has 0 amide bonds. The van der Waals surface area contributed by atoms with Gasteiger partial charge in [0.1, 0.15) is 13.2 Å². The highest BCUT2D eigenvalue weighted by molar-refractivity contribution is 5.71. The van der Waals surface area contributed by atoms with Crippen molar-refractivity contribution in [2.45, 2.75) is 264 Å². The van der Waals surface area contributed by atoms with Crippen molar-refractivity contribution in [1.82, 2.24) is 0 Å². The minimum absolute atomic E-state index is 0.107. The van der Waals surface area contributed by atoms with Gasteiger partial charge in [-0.2, -0.15) is 0 Å². The minimum Gasteiger partial charge on any atom is -0.462 e. The smallest absolute Gasteiger partial charge is 0.306 e. The highest BCUT2D eigenvalue weighted by atomic mass is 16.6. The standard InChI is InChI=1S/C66H108O6/c1-4-7-10-13-16-19-22-25-28-31-33-35-38-41-44-47-50-53-56-59-65(68)71-62-63(61-70-64(67)58-55-52-49-46-43-40-37-30-27-24-21-18-15-12-9-6-3)72-66(69)60-57-54-51-48-45-42-39-36-34-32-29-26-23-20-17-14-11-8-5-2/h7,9-10,12,16-21,23,25-28,30,40,43,49,52,63H,4-6,8,11,13-15,22,24,29,31-39,41-42,44-48,50-51,53-62H2,1-3H3/b10-7-,12-9-,19-16-,20-17-,21-18-,26-23-,28-25-,30-27-,43-40-,52-49-. The molecular formula is C66H108O6. The van der Waals surface area contributed by atoms with E-state index >= 15 is 0 Å². The molecule has 0 spiro atoms. The van der Waals surface area contributed by atoms with Crippen molar-refractivity contribution in [1.29, 1.82) is 0 Å². The molecule has 0 aliphatic heterocycles. The summed E-state index contributed by atoms with van der Waals surface area (Å²) in [5, 5.41) is 0. The molecule has 0 aliphatic rings. The predicted molar refractivity (Wildman–Crippen MR) is 311 cm³/mol. The molecule has 0 aromatic carbocycles. The fourth-order valence-electron chi connectivity index (χ4n) is 7.85. The molecule has 0 saturated heterocycles. The second-order valence-corrected chi connectivity index (χ2v) is 19.2. The number of hydrogen-bond acceptors (Lipinski definition) is 6. The van der Waals surface area contributed by atoms with E-state index < -0.39 is 6.10 Å². The lowest BCUT2D eigenvalue weighted by Gasteiger charge is -2.18. The summed E-state index contributed by atoms with van der Waals surface area (Å²) in [7, 11) is 0.